The van der Waals surface area contributed by atoms with E-state index in [4.69, 9.17) is 24.7 Å². The molecule has 14 nitrogen and oxygen atoms in total. The van der Waals surface area contributed by atoms with Crippen LogP contribution in [0.3, 0.4) is 0 Å². The standard InChI is InChI=1S/C32H46N6O8/c1-30(2,3)25(34)28(41)45-24-21(16-44-23(39)15-19-11-9-7-8-10-12-19)46-32(17-33,26(24)40)22-14-13-20-27(35-18-36-38(20)22)37-29(42)31(4,5)43-6/h13-14,18-19,21,24-26,40H,7-12,15-16,34H2,1-6H3,(H,35,36,37,42)/t21-,24-,25+,26-,32+/m1/s1. The highest BCUT2D eigenvalue weighted by atomic mass is 16.6. The largest absolute Gasteiger partial charge is 0.463 e. The molecule has 0 aromatic carbocycles. The quantitative estimate of drug-likeness (QED) is 0.253. The number of hydrogen-bond donors (Lipinski definition) is 3. The second-order valence-corrected chi connectivity index (χ2v) is 13.7. The van der Waals surface area contributed by atoms with Gasteiger partial charge in [0.25, 0.3) is 5.91 Å². The van der Waals surface area contributed by atoms with Crippen molar-refractivity contribution in [1.82, 2.24) is 14.6 Å². The molecule has 0 radical (unpaired) electrons. The summed E-state index contributed by atoms with van der Waals surface area (Å²) in [7, 11) is 1.41. The lowest BCUT2D eigenvalue weighted by molar-refractivity contribution is -0.163. The molecule has 1 amide bonds. The summed E-state index contributed by atoms with van der Waals surface area (Å²) in [4.78, 5) is 43.0. The summed E-state index contributed by atoms with van der Waals surface area (Å²) < 4.78 is 24.1. The average Bonchev–Trinajstić information content (AvgIpc) is 3.44. The molecule has 4 N–H and O–H groups in total. The maximum atomic E-state index is 13.1. The van der Waals surface area contributed by atoms with E-state index < -0.39 is 58.8 Å². The van der Waals surface area contributed by atoms with Gasteiger partial charge in [0.05, 0.1) is 5.69 Å². The number of aromatic nitrogens is 3. The van der Waals surface area contributed by atoms with Crippen molar-refractivity contribution in [2.45, 2.75) is 115 Å². The van der Waals surface area contributed by atoms with Gasteiger partial charge in [-0.3, -0.25) is 14.4 Å². The predicted octanol–water partition coefficient (Wildman–Crippen LogP) is 2.76. The second-order valence-electron chi connectivity index (χ2n) is 13.7. The second kappa shape index (κ2) is 14.0. The molecule has 1 saturated heterocycles. The molecular weight excluding hydrogens is 596 g/mol. The van der Waals surface area contributed by atoms with E-state index in [1.54, 1.807) is 40.7 Å². The van der Waals surface area contributed by atoms with Gasteiger partial charge in [-0.15, -0.1) is 0 Å². The zero-order valence-corrected chi connectivity index (χ0v) is 27.4. The number of methoxy groups -OCH3 is 1. The normalized spacial score (nSPS) is 25.0. The fourth-order valence-corrected chi connectivity index (χ4v) is 5.70. The number of nitriles is 1. The number of amides is 1. The van der Waals surface area contributed by atoms with Gasteiger partial charge in [0.15, 0.2) is 11.9 Å². The summed E-state index contributed by atoms with van der Waals surface area (Å²) in [5.41, 5.74) is 2.58. The molecule has 5 atom stereocenters. The predicted molar refractivity (Wildman–Crippen MR) is 165 cm³/mol. The number of nitrogens with zero attached hydrogens (tertiary/aromatic N) is 4. The topological polar surface area (TPSA) is 200 Å². The van der Waals surface area contributed by atoms with Crippen LogP contribution in [0.1, 0.15) is 85.3 Å². The lowest BCUT2D eigenvalue weighted by Gasteiger charge is -2.29. The Morgan fingerprint density at radius 2 is 1.87 bits per heavy atom. The SMILES string of the molecule is COC(C)(C)C(=O)Nc1ncnn2c([C@]3(C#N)O[C@H](COC(=O)CC4CCCCCC4)[C@@H](OC(=O)[C@H](N)C(C)(C)C)[C@H]3O)ccc12. The first-order valence-electron chi connectivity index (χ1n) is 15.7. The van der Waals surface area contributed by atoms with Crippen LogP contribution in [0, 0.1) is 22.7 Å². The van der Waals surface area contributed by atoms with Crippen LogP contribution in [0.5, 0.6) is 0 Å². The summed E-state index contributed by atoms with van der Waals surface area (Å²) in [6.07, 6.45) is 3.38. The lowest BCUT2D eigenvalue weighted by Crippen LogP contribution is -2.49. The third-order valence-electron chi connectivity index (χ3n) is 9.00. The maximum absolute atomic E-state index is 13.1. The summed E-state index contributed by atoms with van der Waals surface area (Å²) in [5, 5.41) is 29.2. The van der Waals surface area contributed by atoms with Gasteiger partial charge in [-0.2, -0.15) is 10.4 Å². The summed E-state index contributed by atoms with van der Waals surface area (Å²) in [5.74, 6) is -1.37. The number of esters is 2. The Labute approximate surface area is 268 Å². The Morgan fingerprint density at radius 1 is 1.20 bits per heavy atom. The van der Waals surface area contributed by atoms with Crippen LogP contribution >= 0.6 is 0 Å². The van der Waals surface area contributed by atoms with E-state index in [9.17, 15) is 24.8 Å². The van der Waals surface area contributed by atoms with Crippen LogP contribution in [0.4, 0.5) is 5.82 Å². The number of carbonyl (C=O) groups excluding carboxylic acids is 3. The molecule has 252 valence electrons. The van der Waals surface area contributed by atoms with Crippen molar-refractivity contribution in [2.75, 3.05) is 19.0 Å². The van der Waals surface area contributed by atoms with E-state index >= 15 is 0 Å². The number of fused-ring (bicyclic) bond motifs is 1. The molecule has 46 heavy (non-hydrogen) atoms. The molecular formula is C32H46N6O8. The number of hydrogen-bond acceptors (Lipinski definition) is 12. The van der Waals surface area contributed by atoms with Crippen molar-refractivity contribution >= 4 is 29.2 Å². The van der Waals surface area contributed by atoms with Crippen LogP contribution in [0.2, 0.25) is 0 Å². The van der Waals surface area contributed by atoms with Crippen LogP contribution in [-0.2, 0) is 38.9 Å². The fraction of sp³-hybridized carbons (Fsp3) is 0.688. The van der Waals surface area contributed by atoms with E-state index in [1.807, 2.05) is 6.07 Å². The van der Waals surface area contributed by atoms with Crippen LogP contribution < -0.4 is 11.1 Å². The fourth-order valence-electron chi connectivity index (χ4n) is 5.70. The molecule has 1 aliphatic heterocycles. The highest BCUT2D eigenvalue weighted by Crippen LogP contribution is 2.42. The number of rotatable bonds is 10. The molecule has 2 aromatic rings. The van der Waals surface area contributed by atoms with Gasteiger partial charge >= 0.3 is 11.9 Å². The van der Waals surface area contributed by atoms with Crippen LogP contribution in [-0.4, -0.2) is 81.2 Å². The van der Waals surface area contributed by atoms with Gasteiger partial charge in [0.1, 0.15) is 48.4 Å². The van der Waals surface area contributed by atoms with E-state index in [-0.39, 0.29) is 30.5 Å². The highest BCUT2D eigenvalue weighted by molar-refractivity contribution is 5.98. The van der Waals surface area contributed by atoms with Gasteiger partial charge < -0.3 is 35.1 Å². The monoisotopic (exact) mass is 642 g/mol. The Balaban J connectivity index is 1.64. The zero-order valence-electron chi connectivity index (χ0n) is 27.4. The van der Waals surface area contributed by atoms with E-state index in [0.717, 1.165) is 38.5 Å². The van der Waals surface area contributed by atoms with Crippen molar-refractivity contribution in [2.24, 2.45) is 17.1 Å². The third kappa shape index (κ3) is 7.33. The number of aliphatic hydroxyl groups is 1. The number of anilines is 1. The van der Waals surface area contributed by atoms with Crippen molar-refractivity contribution in [1.29, 1.82) is 5.26 Å². The molecule has 0 bridgehead atoms. The van der Waals surface area contributed by atoms with E-state index in [2.05, 4.69) is 15.4 Å². The van der Waals surface area contributed by atoms with Crippen molar-refractivity contribution in [3.05, 3.63) is 24.2 Å². The third-order valence-corrected chi connectivity index (χ3v) is 9.00. The molecule has 1 saturated carbocycles. The lowest BCUT2D eigenvalue weighted by atomic mass is 9.87. The number of aliphatic hydroxyl groups excluding tert-OH is 1. The minimum absolute atomic E-state index is 0.0786. The number of nitrogens with two attached hydrogens (primary N) is 1. The molecule has 0 spiro atoms. The highest BCUT2D eigenvalue weighted by Gasteiger charge is 2.60. The number of ether oxygens (including phenoxy) is 4. The first kappa shape index (κ1) is 35.2. The zero-order chi connectivity index (χ0) is 33.9. The van der Waals surface area contributed by atoms with Gasteiger partial charge in [-0.05, 0) is 50.2 Å². The number of carbonyl (C=O) groups is 3. The van der Waals surface area contributed by atoms with Gasteiger partial charge in [0.2, 0.25) is 5.60 Å². The molecule has 3 heterocycles. The molecule has 2 aliphatic rings. The van der Waals surface area contributed by atoms with E-state index in [1.165, 1.54) is 24.0 Å². The van der Waals surface area contributed by atoms with E-state index in [0.29, 0.717) is 5.52 Å². The summed E-state index contributed by atoms with van der Waals surface area (Å²) in [6, 6.07) is 4.03. The minimum Gasteiger partial charge on any atom is -0.463 e. The Hall–Kier alpha value is -3.64. The molecule has 1 aliphatic carbocycles. The van der Waals surface area contributed by atoms with Gasteiger partial charge in [0, 0.05) is 13.5 Å². The molecule has 14 heteroatoms. The summed E-state index contributed by atoms with van der Waals surface area (Å²) >= 11 is 0. The number of nitrogens with one attached hydrogen (secondary N) is 1. The van der Waals surface area contributed by atoms with Gasteiger partial charge in [-0.25, -0.2) is 9.50 Å². The minimum atomic E-state index is -2.12. The molecule has 0 unspecified atom stereocenters. The van der Waals surface area contributed by atoms with Crippen molar-refractivity contribution < 1.29 is 38.4 Å². The first-order chi connectivity index (χ1) is 21.6. The molecule has 2 fully saturated rings. The maximum Gasteiger partial charge on any atom is 0.323 e. The van der Waals surface area contributed by atoms with Gasteiger partial charge in [-0.1, -0.05) is 46.5 Å². The molecule has 2 aromatic heterocycles. The van der Waals surface area contributed by atoms with Crippen LogP contribution in [0.15, 0.2) is 18.5 Å². The Kier molecular flexibility index (Phi) is 10.7. The van der Waals surface area contributed by atoms with Crippen molar-refractivity contribution in [3.63, 3.8) is 0 Å². The summed E-state index contributed by atoms with van der Waals surface area (Å²) in [6.45, 7) is 8.11. The Bertz CT molecular complexity index is 1450. The first-order valence-corrected chi connectivity index (χ1v) is 15.7. The Morgan fingerprint density at radius 3 is 2.48 bits per heavy atom. The van der Waals surface area contributed by atoms with Crippen molar-refractivity contribution in [3.8, 4) is 6.07 Å². The van der Waals surface area contributed by atoms with Crippen LogP contribution in [0.25, 0.3) is 5.52 Å². The molecule has 4 rings (SSSR count). The average molecular weight is 643 g/mol. The smallest absolute Gasteiger partial charge is 0.323 e.